The third-order valence-electron chi connectivity index (χ3n) is 1.93. The van der Waals surface area contributed by atoms with E-state index >= 15 is 0 Å². The van der Waals surface area contributed by atoms with E-state index in [1.807, 2.05) is 12.2 Å². The predicted octanol–water partition coefficient (Wildman–Crippen LogP) is 0.853. The number of carbonyl (C=O) groups excluding carboxylic acids is 1. The van der Waals surface area contributed by atoms with Gasteiger partial charge in [0.2, 0.25) is 0 Å². The molecule has 0 saturated heterocycles. The van der Waals surface area contributed by atoms with Crippen LogP contribution in [0.25, 0.3) is 6.08 Å². The summed E-state index contributed by atoms with van der Waals surface area (Å²) < 4.78 is 0. The van der Waals surface area contributed by atoms with Crippen LogP contribution in [0.4, 0.5) is 0 Å². The fraction of sp³-hybridized carbons (Fsp3) is 0.182. The maximum absolute atomic E-state index is 10.9. The summed E-state index contributed by atoms with van der Waals surface area (Å²) in [5.74, 6) is -0.736. The van der Waals surface area contributed by atoms with E-state index in [4.69, 9.17) is 11.5 Å². The SMILES string of the molecule is NCCC=Cc1ccc(O)c(C(N)=O)c1. The second-order valence-electron chi connectivity index (χ2n) is 3.12. The van der Waals surface area contributed by atoms with Crippen LogP contribution in [0.3, 0.4) is 0 Å². The quantitative estimate of drug-likeness (QED) is 0.682. The highest BCUT2D eigenvalue weighted by Gasteiger charge is 2.06. The van der Waals surface area contributed by atoms with Crippen LogP contribution in [0.15, 0.2) is 24.3 Å². The molecule has 0 aliphatic carbocycles. The average molecular weight is 206 g/mol. The molecule has 1 rings (SSSR count). The van der Waals surface area contributed by atoms with E-state index in [9.17, 15) is 9.90 Å². The highest BCUT2D eigenvalue weighted by atomic mass is 16.3. The van der Waals surface area contributed by atoms with Crippen molar-refractivity contribution in [1.29, 1.82) is 0 Å². The summed E-state index contributed by atoms with van der Waals surface area (Å²) in [6, 6.07) is 4.70. The van der Waals surface area contributed by atoms with Crippen molar-refractivity contribution >= 4 is 12.0 Å². The third kappa shape index (κ3) is 3.11. The van der Waals surface area contributed by atoms with Crippen LogP contribution >= 0.6 is 0 Å². The van der Waals surface area contributed by atoms with Gasteiger partial charge in [0.15, 0.2) is 0 Å². The van der Waals surface area contributed by atoms with Crippen LogP contribution in [0.2, 0.25) is 0 Å². The first-order chi connectivity index (χ1) is 7.15. The number of amides is 1. The van der Waals surface area contributed by atoms with Gasteiger partial charge in [-0.15, -0.1) is 0 Å². The molecule has 1 amide bonds. The van der Waals surface area contributed by atoms with Crippen molar-refractivity contribution < 1.29 is 9.90 Å². The molecular weight excluding hydrogens is 192 g/mol. The van der Waals surface area contributed by atoms with E-state index in [-0.39, 0.29) is 11.3 Å². The summed E-state index contributed by atoms with van der Waals surface area (Å²) >= 11 is 0. The van der Waals surface area contributed by atoms with E-state index in [0.717, 1.165) is 12.0 Å². The number of primary amides is 1. The first kappa shape index (κ1) is 11.3. The fourth-order valence-corrected chi connectivity index (χ4v) is 1.17. The highest BCUT2D eigenvalue weighted by Crippen LogP contribution is 2.18. The Balaban J connectivity index is 2.92. The maximum atomic E-state index is 10.9. The molecule has 0 aliphatic rings. The molecule has 0 fully saturated rings. The molecule has 1 aromatic rings. The zero-order chi connectivity index (χ0) is 11.3. The lowest BCUT2D eigenvalue weighted by atomic mass is 10.1. The van der Waals surface area contributed by atoms with Gasteiger partial charge in [-0.05, 0) is 30.7 Å². The molecule has 4 nitrogen and oxygen atoms in total. The lowest BCUT2D eigenvalue weighted by Gasteiger charge is -2.01. The summed E-state index contributed by atoms with van der Waals surface area (Å²) in [7, 11) is 0. The minimum atomic E-state index is -0.637. The van der Waals surface area contributed by atoms with Crippen LogP contribution < -0.4 is 11.5 Å². The Morgan fingerprint density at radius 2 is 2.20 bits per heavy atom. The van der Waals surface area contributed by atoms with Crippen LogP contribution in [-0.4, -0.2) is 17.6 Å². The first-order valence-corrected chi connectivity index (χ1v) is 4.64. The molecule has 15 heavy (non-hydrogen) atoms. The zero-order valence-electron chi connectivity index (χ0n) is 8.31. The van der Waals surface area contributed by atoms with E-state index in [0.29, 0.717) is 6.54 Å². The lowest BCUT2D eigenvalue weighted by molar-refractivity contribution is 0.0998. The van der Waals surface area contributed by atoms with Gasteiger partial charge in [0, 0.05) is 0 Å². The standard InChI is InChI=1S/C11H14N2O2/c12-6-2-1-3-8-4-5-10(14)9(7-8)11(13)15/h1,3-5,7,14H,2,6,12H2,(H2,13,15). The number of hydrogen-bond donors (Lipinski definition) is 3. The zero-order valence-corrected chi connectivity index (χ0v) is 8.31. The molecule has 5 N–H and O–H groups in total. The first-order valence-electron chi connectivity index (χ1n) is 4.64. The van der Waals surface area contributed by atoms with Gasteiger partial charge in [0.05, 0.1) is 5.56 Å². The molecule has 0 saturated carbocycles. The Morgan fingerprint density at radius 1 is 1.47 bits per heavy atom. The maximum Gasteiger partial charge on any atom is 0.252 e. The number of carbonyl (C=O) groups is 1. The summed E-state index contributed by atoms with van der Waals surface area (Å²) in [4.78, 5) is 10.9. The molecule has 0 spiro atoms. The average Bonchev–Trinajstić information content (AvgIpc) is 2.20. The Hall–Kier alpha value is -1.81. The summed E-state index contributed by atoms with van der Waals surface area (Å²) in [5, 5.41) is 9.33. The molecule has 1 aromatic carbocycles. The van der Waals surface area contributed by atoms with Crippen molar-refractivity contribution in [3.8, 4) is 5.75 Å². The molecular formula is C11H14N2O2. The van der Waals surface area contributed by atoms with Crippen molar-refractivity contribution in [3.05, 3.63) is 35.4 Å². The fourth-order valence-electron chi connectivity index (χ4n) is 1.17. The highest BCUT2D eigenvalue weighted by molar-refractivity contribution is 5.96. The summed E-state index contributed by atoms with van der Waals surface area (Å²) in [5.41, 5.74) is 11.4. The van der Waals surface area contributed by atoms with Gasteiger partial charge in [-0.2, -0.15) is 0 Å². The van der Waals surface area contributed by atoms with Gasteiger partial charge in [-0.25, -0.2) is 0 Å². The normalized spacial score (nSPS) is 10.7. The van der Waals surface area contributed by atoms with Gasteiger partial charge in [-0.3, -0.25) is 4.79 Å². The smallest absolute Gasteiger partial charge is 0.252 e. The van der Waals surface area contributed by atoms with E-state index < -0.39 is 5.91 Å². The predicted molar refractivity (Wildman–Crippen MR) is 59.3 cm³/mol. The molecule has 0 radical (unpaired) electrons. The van der Waals surface area contributed by atoms with E-state index in [1.165, 1.54) is 6.07 Å². The Bertz CT molecular complexity index is 386. The van der Waals surface area contributed by atoms with Gasteiger partial charge >= 0.3 is 0 Å². The van der Waals surface area contributed by atoms with Gasteiger partial charge in [0.1, 0.15) is 5.75 Å². The number of phenols is 1. The topological polar surface area (TPSA) is 89.3 Å². The van der Waals surface area contributed by atoms with Gasteiger partial charge < -0.3 is 16.6 Å². The van der Waals surface area contributed by atoms with E-state index in [2.05, 4.69) is 0 Å². The monoisotopic (exact) mass is 206 g/mol. The van der Waals surface area contributed by atoms with E-state index in [1.54, 1.807) is 12.1 Å². The molecule has 0 heterocycles. The van der Waals surface area contributed by atoms with Crippen molar-refractivity contribution in [2.24, 2.45) is 11.5 Å². The van der Waals surface area contributed by atoms with Crippen molar-refractivity contribution in [2.75, 3.05) is 6.54 Å². The Morgan fingerprint density at radius 3 is 2.80 bits per heavy atom. The number of hydrogen-bond acceptors (Lipinski definition) is 3. The molecule has 0 unspecified atom stereocenters. The number of nitrogens with two attached hydrogens (primary N) is 2. The summed E-state index contributed by atoms with van der Waals surface area (Å²) in [6.45, 7) is 0.581. The molecule has 4 heteroatoms. The number of rotatable bonds is 4. The molecule has 0 aromatic heterocycles. The second-order valence-corrected chi connectivity index (χ2v) is 3.12. The van der Waals surface area contributed by atoms with Crippen LogP contribution in [0.1, 0.15) is 22.3 Å². The van der Waals surface area contributed by atoms with Crippen molar-refractivity contribution in [1.82, 2.24) is 0 Å². The molecule has 0 bridgehead atoms. The third-order valence-corrected chi connectivity index (χ3v) is 1.93. The van der Waals surface area contributed by atoms with Crippen LogP contribution in [-0.2, 0) is 0 Å². The minimum Gasteiger partial charge on any atom is -0.507 e. The Labute approximate surface area is 88.2 Å². The van der Waals surface area contributed by atoms with Crippen LogP contribution in [0, 0.1) is 0 Å². The van der Waals surface area contributed by atoms with Crippen molar-refractivity contribution in [3.63, 3.8) is 0 Å². The Kier molecular flexibility index (Phi) is 3.88. The van der Waals surface area contributed by atoms with Crippen molar-refractivity contribution in [2.45, 2.75) is 6.42 Å². The molecule has 0 atom stereocenters. The van der Waals surface area contributed by atoms with Gasteiger partial charge in [0.25, 0.3) is 5.91 Å². The van der Waals surface area contributed by atoms with Gasteiger partial charge in [-0.1, -0.05) is 18.2 Å². The van der Waals surface area contributed by atoms with Crippen LogP contribution in [0.5, 0.6) is 5.75 Å². The molecule has 80 valence electrons. The number of benzene rings is 1. The second kappa shape index (κ2) is 5.17. The lowest BCUT2D eigenvalue weighted by Crippen LogP contribution is -2.11. The number of aromatic hydroxyl groups is 1. The largest absolute Gasteiger partial charge is 0.507 e. The summed E-state index contributed by atoms with van der Waals surface area (Å²) in [6.07, 6.45) is 4.50. The minimum absolute atomic E-state index is 0.0986. The molecule has 0 aliphatic heterocycles.